The van der Waals surface area contributed by atoms with E-state index in [9.17, 15) is 0 Å². The van der Waals surface area contributed by atoms with Crippen LogP contribution in [0.3, 0.4) is 0 Å². The lowest BCUT2D eigenvalue weighted by atomic mass is 10.1. The fraction of sp³-hybridized carbons (Fsp3) is 0.294. The van der Waals surface area contributed by atoms with Crippen LogP contribution >= 0.6 is 34.8 Å². The summed E-state index contributed by atoms with van der Waals surface area (Å²) >= 11 is 18.2. The summed E-state index contributed by atoms with van der Waals surface area (Å²) in [5, 5.41) is 14.4. The summed E-state index contributed by atoms with van der Waals surface area (Å²) in [6.07, 6.45) is 0. The predicted molar refractivity (Wildman–Crippen MR) is 98.9 cm³/mol. The average molecular weight is 374 g/mol. The van der Waals surface area contributed by atoms with Gasteiger partial charge in [-0.05, 0) is 42.9 Å². The van der Waals surface area contributed by atoms with Gasteiger partial charge in [-0.25, -0.2) is 0 Å². The molecule has 0 bridgehead atoms. The van der Waals surface area contributed by atoms with Crippen LogP contribution in [-0.2, 0) is 0 Å². The van der Waals surface area contributed by atoms with Crippen molar-refractivity contribution in [2.75, 3.05) is 32.1 Å². The molecular formula is C17H19Cl3N2O. The van der Waals surface area contributed by atoms with E-state index in [2.05, 4.69) is 10.2 Å². The Labute approximate surface area is 151 Å². The highest BCUT2D eigenvalue weighted by Gasteiger charge is 2.15. The van der Waals surface area contributed by atoms with Crippen LogP contribution in [0.25, 0.3) is 0 Å². The Balaban J connectivity index is 2.23. The van der Waals surface area contributed by atoms with Crippen molar-refractivity contribution in [2.24, 2.45) is 0 Å². The maximum absolute atomic E-state index is 9.11. The summed E-state index contributed by atoms with van der Waals surface area (Å²) in [5.41, 5.74) is 1.90. The third kappa shape index (κ3) is 5.55. The second-order valence-corrected chi connectivity index (χ2v) is 6.64. The van der Waals surface area contributed by atoms with Gasteiger partial charge in [-0.15, -0.1) is 0 Å². The van der Waals surface area contributed by atoms with E-state index in [1.807, 2.05) is 37.4 Å². The van der Waals surface area contributed by atoms with Crippen molar-refractivity contribution in [2.45, 2.75) is 6.04 Å². The largest absolute Gasteiger partial charge is 0.395 e. The summed E-state index contributed by atoms with van der Waals surface area (Å²) in [6, 6.07) is 13.1. The molecule has 0 saturated carbocycles. The first-order valence-corrected chi connectivity index (χ1v) is 8.39. The number of anilines is 1. The van der Waals surface area contributed by atoms with Gasteiger partial charge in [-0.2, -0.15) is 0 Å². The van der Waals surface area contributed by atoms with Crippen molar-refractivity contribution in [3.8, 4) is 0 Å². The minimum Gasteiger partial charge on any atom is -0.395 e. The van der Waals surface area contributed by atoms with Crippen molar-refractivity contribution < 1.29 is 5.11 Å². The summed E-state index contributed by atoms with van der Waals surface area (Å²) in [6.45, 7) is 1.42. The fourth-order valence-electron chi connectivity index (χ4n) is 2.30. The van der Waals surface area contributed by atoms with E-state index in [0.29, 0.717) is 28.2 Å². The number of aliphatic hydroxyl groups excluding tert-OH is 1. The Morgan fingerprint density at radius 3 is 2.30 bits per heavy atom. The van der Waals surface area contributed by atoms with Crippen LogP contribution in [0.15, 0.2) is 42.5 Å². The monoisotopic (exact) mass is 372 g/mol. The van der Waals surface area contributed by atoms with Gasteiger partial charge in [0.25, 0.3) is 0 Å². The summed E-state index contributed by atoms with van der Waals surface area (Å²) in [4.78, 5) is 2.05. The highest BCUT2D eigenvalue weighted by molar-refractivity contribution is 6.36. The van der Waals surface area contributed by atoms with Crippen molar-refractivity contribution >= 4 is 40.5 Å². The Morgan fingerprint density at radius 1 is 1.04 bits per heavy atom. The summed E-state index contributed by atoms with van der Waals surface area (Å²) < 4.78 is 0. The van der Waals surface area contributed by atoms with Crippen LogP contribution in [0.5, 0.6) is 0 Å². The highest BCUT2D eigenvalue weighted by Crippen LogP contribution is 2.29. The van der Waals surface area contributed by atoms with E-state index >= 15 is 0 Å². The zero-order chi connectivity index (χ0) is 16.8. The van der Waals surface area contributed by atoms with Gasteiger partial charge in [0.1, 0.15) is 0 Å². The van der Waals surface area contributed by atoms with Crippen molar-refractivity contribution in [1.29, 1.82) is 0 Å². The number of rotatable bonds is 7. The van der Waals surface area contributed by atoms with Gasteiger partial charge >= 0.3 is 0 Å². The molecule has 0 aliphatic carbocycles. The van der Waals surface area contributed by atoms with Crippen molar-refractivity contribution in [3.63, 3.8) is 0 Å². The standard InChI is InChI=1S/C17H19Cl3N2O/c1-22(8-9-23)11-17(12-2-4-13(18)5-3-12)21-16-7-6-14(19)10-15(16)20/h2-7,10,17,21,23H,8-9,11H2,1H3/t17-/m0/s1. The highest BCUT2D eigenvalue weighted by atomic mass is 35.5. The molecule has 0 unspecified atom stereocenters. The number of nitrogens with zero attached hydrogens (tertiary/aromatic N) is 1. The van der Waals surface area contributed by atoms with Crippen LogP contribution in [-0.4, -0.2) is 36.8 Å². The van der Waals surface area contributed by atoms with Gasteiger partial charge in [-0.3, -0.25) is 0 Å². The van der Waals surface area contributed by atoms with Crippen LogP contribution in [0.1, 0.15) is 11.6 Å². The van der Waals surface area contributed by atoms with Gasteiger partial charge in [0.15, 0.2) is 0 Å². The van der Waals surface area contributed by atoms with E-state index in [-0.39, 0.29) is 12.6 Å². The quantitative estimate of drug-likeness (QED) is 0.737. The lowest BCUT2D eigenvalue weighted by molar-refractivity contribution is 0.217. The second-order valence-electron chi connectivity index (χ2n) is 5.36. The molecule has 2 rings (SSSR count). The molecule has 0 aromatic heterocycles. The van der Waals surface area contributed by atoms with Gasteiger partial charge < -0.3 is 15.3 Å². The average Bonchev–Trinajstić information content (AvgIpc) is 2.50. The zero-order valence-electron chi connectivity index (χ0n) is 12.8. The molecule has 6 heteroatoms. The van der Waals surface area contributed by atoms with E-state index in [0.717, 1.165) is 11.3 Å². The molecule has 0 radical (unpaired) electrons. The number of nitrogens with one attached hydrogen (secondary N) is 1. The molecule has 0 saturated heterocycles. The molecule has 0 fully saturated rings. The molecule has 2 aromatic carbocycles. The summed E-state index contributed by atoms with van der Waals surface area (Å²) in [7, 11) is 1.96. The smallest absolute Gasteiger partial charge is 0.0652 e. The Morgan fingerprint density at radius 2 is 1.70 bits per heavy atom. The first kappa shape index (κ1) is 18.4. The number of hydrogen-bond donors (Lipinski definition) is 2. The second kappa shape index (κ2) is 8.76. The molecular weight excluding hydrogens is 355 g/mol. The van der Waals surface area contributed by atoms with E-state index < -0.39 is 0 Å². The minimum atomic E-state index is 0.00231. The lowest BCUT2D eigenvalue weighted by Gasteiger charge is -2.26. The molecule has 0 aliphatic heterocycles. The normalized spacial score (nSPS) is 12.4. The summed E-state index contributed by atoms with van der Waals surface area (Å²) in [5.74, 6) is 0. The molecule has 0 heterocycles. The molecule has 0 spiro atoms. The fourth-order valence-corrected chi connectivity index (χ4v) is 2.89. The van der Waals surface area contributed by atoms with Gasteiger partial charge in [0.2, 0.25) is 0 Å². The van der Waals surface area contributed by atoms with E-state index in [4.69, 9.17) is 39.9 Å². The Hall–Kier alpha value is -0.970. The number of likely N-dealkylation sites (N-methyl/N-ethyl adjacent to an activating group) is 1. The first-order valence-electron chi connectivity index (χ1n) is 7.26. The van der Waals surface area contributed by atoms with Gasteiger partial charge in [0, 0.05) is 23.1 Å². The SMILES string of the molecule is CN(CCO)C[C@H](Nc1ccc(Cl)cc1Cl)c1ccc(Cl)cc1. The molecule has 124 valence electrons. The van der Waals surface area contributed by atoms with E-state index in [1.54, 1.807) is 12.1 Å². The lowest BCUT2D eigenvalue weighted by Crippen LogP contribution is -2.30. The minimum absolute atomic E-state index is 0.00231. The van der Waals surface area contributed by atoms with E-state index in [1.165, 1.54) is 0 Å². The molecule has 1 atom stereocenters. The Kier molecular flexibility index (Phi) is 7.00. The molecule has 2 aromatic rings. The van der Waals surface area contributed by atoms with Gasteiger partial charge in [-0.1, -0.05) is 46.9 Å². The first-order chi connectivity index (χ1) is 11.0. The molecule has 3 nitrogen and oxygen atoms in total. The molecule has 2 N–H and O–H groups in total. The predicted octanol–water partition coefficient (Wildman–Crippen LogP) is 4.72. The van der Waals surface area contributed by atoms with Crippen LogP contribution < -0.4 is 5.32 Å². The number of aliphatic hydroxyl groups is 1. The van der Waals surface area contributed by atoms with Crippen LogP contribution in [0.2, 0.25) is 15.1 Å². The number of benzene rings is 2. The molecule has 23 heavy (non-hydrogen) atoms. The number of hydrogen-bond acceptors (Lipinski definition) is 3. The topological polar surface area (TPSA) is 35.5 Å². The van der Waals surface area contributed by atoms with Crippen molar-refractivity contribution in [3.05, 3.63) is 63.1 Å². The maximum Gasteiger partial charge on any atom is 0.0652 e. The zero-order valence-corrected chi connectivity index (χ0v) is 15.0. The maximum atomic E-state index is 9.11. The molecule has 0 amide bonds. The molecule has 0 aliphatic rings. The van der Waals surface area contributed by atoms with Gasteiger partial charge in [0.05, 0.1) is 23.4 Å². The van der Waals surface area contributed by atoms with Crippen molar-refractivity contribution in [1.82, 2.24) is 4.90 Å². The Bertz CT molecular complexity index is 634. The van der Waals surface area contributed by atoms with Crippen LogP contribution in [0, 0.1) is 0 Å². The van der Waals surface area contributed by atoms with Crippen LogP contribution in [0.4, 0.5) is 5.69 Å². The third-order valence-electron chi connectivity index (χ3n) is 3.51. The number of halogens is 3. The third-order valence-corrected chi connectivity index (χ3v) is 4.31.